The van der Waals surface area contributed by atoms with Gasteiger partial charge in [0, 0.05) is 10.5 Å². The van der Waals surface area contributed by atoms with Gasteiger partial charge in [-0.1, -0.05) is 15.9 Å². The van der Waals surface area contributed by atoms with Crippen LogP contribution in [-0.2, 0) is 4.79 Å². The van der Waals surface area contributed by atoms with Gasteiger partial charge in [0.2, 0.25) is 5.75 Å². The number of non-ortho nitro benzene ring substituents is 1. The Kier molecular flexibility index (Phi) is 6.83. The number of rotatable bonds is 7. The first-order chi connectivity index (χ1) is 13.6. The molecule has 2 aromatic carbocycles. The molecule has 0 spiro atoms. The molecule has 2 N–H and O–H groups in total. The SMILES string of the molecule is Cc1cc(Br)cc(C)c1OCC(=O)N/N=C/c1cc([N+](=O)[O-])cc([N+](=O)[O-])c1O. The zero-order valence-electron chi connectivity index (χ0n) is 15.2. The fraction of sp³-hybridized carbons (Fsp3) is 0.176. The molecule has 0 fully saturated rings. The van der Waals surface area contributed by atoms with Crippen LogP contribution in [0.5, 0.6) is 11.5 Å². The number of ether oxygens (including phenoxy) is 1. The van der Waals surface area contributed by atoms with Crippen LogP contribution in [0.15, 0.2) is 33.8 Å². The van der Waals surface area contributed by atoms with E-state index in [4.69, 9.17) is 4.74 Å². The van der Waals surface area contributed by atoms with E-state index in [-0.39, 0.29) is 12.2 Å². The van der Waals surface area contributed by atoms with Gasteiger partial charge in [-0.2, -0.15) is 5.10 Å². The van der Waals surface area contributed by atoms with Gasteiger partial charge >= 0.3 is 5.69 Å². The number of carbonyl (C=O) groups excluding carboxylic acids is 1. The average molecular weight is 467 g/mol. The largest absolute Gasteiger partial charge is 0.502 e. The van der Waals surface area contributed by atoms with Gasteiger partial charge in [0.15, 0.2) is 6.61 Å². The van der Waals surface area contributed by atoms with Gasteiger partial charge in [-0.15, -0.1) is 0 Å². The van der Waals surface area contributed by atoms with E-state index in [9.17, 15) is 30.1 Å². The van der Waals surface area contributed by atoms with Crippen LogP contribution in [0.3, 0.4) is 0 Å². The summed E-state index contributed by atoms with van der Waals surface area (Å²) in [6, 6.07) is 5.18. The third-order valence-corrected chi connectivity index (χ3v) is 4.13. The number of benzene rings is 2. The van der Waals surface area contributed by atoms with Crippen LogP contribution in [-0.4, -0.2) is 33.7 Å². The minimum absolute atomic E-state index is 0.299. The van der Waals surface area contributed by atoms with Crippen LogP contribution in [0, 0.1) is 34.1 Å². The van der Waals surface area contributed by atoms with Crippen molar-refractivity contribution in [2.75, 3.05) is 6.61 Å². The Labute approximate surface area is 172 Å². The van der Waals surface area contributed by atoms with Crippen LogP contribution < -0.4 is 10.2 Å². The van der Waals surface area contributed by atoms with Gasteiger partial charge in [-0.25, -0.2) is 5.43 Å². The lowest BCUT2D eigenvalue weighted by molar-refractivity contribution is -0.394. The minimum Gasteiger partial charge on any atom is -0.502 e. The standard InChI is InChI=1S/C17H15BrN4O7/c1-9-3-12(18)4-10(2)17(9)29-8-15(23)20-19-7-11-5-13(21(25)26)6-14(16(11)24)22(27)28/h3-7,24H,8H2,1-2H3,(H,20,23)/b19-7+. The molecule has 1 amide bonds. The molecular weight excluding hydrogens is 452 g/mol. The third kappa shape index (κ3) is 5.48. The number of hydrogen-bond acceptors (Lipinski definition) is 8. The van der Waals surface area contributed by atoms with E-state index in [1.54, 1.807) is 0 Å². The lowest BCUT2D eigenvalue weighted by atomic mass is 10.1. The number of halogens is 1. The topological polar surface area (TPSA) is 157 Å². The number of phenolic OH excluding ortho intramolecular Hbond substituents is 1. The van der Waals surface area contributed by atoms with Crippen LogP contribution in [0.2, 0.25) is 0 Å². The Hall–Kier alpha value is -3.54. The van der Waals surface area contributed by atoms with Gasteiger partial charge in [0.25, 0.3) is 11.6 Å². The quantitative estimate of drug-likeness (QED) is 0.360. The summed E-state index contributed by atoms with van der Waals surface area (Å²) in [4.78, 5) is 31.9. The Morgan fingerprint density at radius 1 is 1.21 bits per heavy atom. The highest BCUT2D eigenvalue weighted by Crippen LogP contribution is 2.33. The van der Waals surface area contributed by atoms with E-state index in [2.05, 4.69) is 26.5 Å². The van der Waals surface area contributed by atoms with Gasteiger partial charge in [0.1, 0.15) is 5.75 Å². The zero-order valence-corrected chi connectivity index (χ0v) is 16.8. The van der Waals surface area contributed by atoms with E-state index in [0.717, 1.165) is 27.9 Å². The second kappa shape index (κ2) is 9.10. The lowest BCUT2D eigenvalue weighted by Gasteiger charge is -2.11. The normalized spacial score (nSPS) is 10.7. The summed E-state index contributed by atoms with van der Waals surface area (Å²) in [7, 11) is 0. The van der Waals surface area contributed by atoms with Crippen molar-refractivity contribution < 1.29 is 24.5 Å². The monoisotopic (exact) mass is 466 g/mol. The maximum absolute atomic E-state index is 11.9. The van der Waals surface area contributed by atoms with Crippen molar-refractivity contribution >= 4 is 39.4 Å². The number of nitro benzene ring substituents is 2. The minimum atomic E-state index is -0.963. The fourth-order valence-corrected chi connectivity index (χ4v) is 3.12. The summed E-state index contributed by atoms with van der Waals surface area (Å²) in [6.07, 6.45) is 0.864. The molecule has 0 unspecified atom stereocenters. The van der Waals surface area contributed by atoms with Gasteiger partial charge < -0.3 is 9.84 Å². The van der Waals surface area contributed by atoms with Crippen molar-refractivity contribution in [3.8, 4) is 11.5 Å². The summed E-state index contributed by atoms with van der Waals surface area (Å²) < 4.78 is 6.35. The molecule has 0 aliphatic rings. The third-order valence-electron chi connectivity index (χ3n) is 3.68. The number of amides is 1. The first-order valence-electron chi connectivity index (χ1n) is 7.97. The molecule has 0 aromatic heterocycles. The molecule has 12 heteroatoms. The molecular formula is C17H15BrN4O7. The molecule has 11 nitrogen and oxygen atoms in total. The van der Waals surface area contributed by atoms with Crippen molar-refractivity contribution in [2.45, 2.75) is 13.8 Å². The Morgan fingerprint density at radius 2 is 1.83 bits per heavy atom. The number of hydrogen-bond donors (Lipinski definition) is 2. The number of hydrazone groups is 1. The highest BCUT2D eigenvalue weighted by Gasteiger charge is 2.23. The first-order valence-corrected chi connectivity index (χ1v) is 8.76. The average Bonchev–Trinajstić information content (AvgIpc) is 2.61. The van der Waals surface area contributed by atoms with Crippen molar-refractivity contribution in [1.29, 1.82) is 0 Å². The van der Waals surface area contributed by atoms with Gasteiger partial charge in [0.05, 0.1) is 27.7 Å². The molecule has 0 atom stereocenters. The van der Waals surface area contributed by atoms with Crippen molar-refractivity contribution in [2.24, 2.45) is 5.10 Å². The predicted molar refractivity (Wildman–Crippen MR) is 106 cm³/mol. The summed E-state index contributed by atoms with van der Waals surface area (Å²) in [5, 5.41) is 35.2. The van der Waals surface area contributed by atoms with Gasteiger partial charge in [-0.3, -0.25) is 25.0 Å². The van der Waals surface area contributed by atoms with Crippen molar-refractivity contribution in [3.05, 3.63) is 65.7 Å². The molecule has 0 aliphatic heterocycles. The van der Waals surface area contributed by atoms with E-state index in [1.165, 1.54) is 0 Å². The molecule has 0 saturated heterocycles. The van der Waals surface area contributed by atoms with E-state index in [0.29, 0.717) is 11.8 Å². The highest BCUT2D eigenvalue weighted by atomic mass is 79.9. The van der Waals surface area contributed by atoms with E-state index < -0.39 is 32.9 Å². The molecule has 2 aromatic rings. The second-order valence-corrected chi connectivity index (χ2v) is 6.78. The number of phenols is 1. The van der Waals surface area contributed by atoms with Crippen molar-refractivity contribution in [3.63, 3.8) is 0 Å². The van der Waals surface area contributed by atoms with Crippen LogP contribution >= 0.6 is 15.9 Å². The first kappa shape index (κ1) is 21.8. The van der Waals surface area contributed by atoms with E-state index in [1.807, 2.05) is 26.0 Å². The van der Waals surface area contributed by atoms with Crippen molar-refractivity contribution in [1.82, 2.24) is 5.43 Å². The number of aryl methyl sites for hydroxylation is 2. The molecule has 2 rings (SSSR count). The molecule has 0 aliphatic carbocycles. The van der Waals surface area contributed by atoms with E-state index >= 15 is 0 Å². The maximum atomic E-state index is 11.9. The summed E-state index contributed by atoms with van der Waals surface area (Å²) in [5.41, 5.74) is 2.01. The van der Waals surface area contributed by atoms with Gasteiger partial charge in [-0.05, 0) is 37.1 Å². The zero-order chi connectivity index (χ0) is 21.7. The molecule has 29 heavy (non-hydrogen) atoms. The smallest absolute Gasteiger partial charge is 0.318 e. The Balaban J connectivity index is 2.09. The fourth-order valence-electron chi connectivity index (χ4n) is 2.44. The molecule has 0 radical (unpaired) electrons. The molecule has 152 valence electrons. The number of aromatic hydroxyl groups is 1. The summed E-state index contributed by atoms with van der Waals surface area (Å²) in [5.74, 6) is -0.905. The number of carbonyl (C=O) groups is 1. The number of nitrogens with one attached hydrogen (secondary N) is 1. The molecule has 0 saturated carbocycles. The second-order valence-electron chi connectivity index (χ2n) is 5.87. The van der Waals surface area contributed by atoms with Crippen LogP contribution in [0.25, 0.3) is 0 Å². The van der Waals surface area contributed by atoms with Crippen LogP contribution in [0.1, 0.15) is 16.7 Å². The Bertz CT molecular complexity index is 1000. The summed E-state index contributed by atoms with van der Waals surface area (Å²) >= 11 is 3.36. The molecule has 0 heterocycles. The predicted octanol–water partition coefficient (Wildman–Crippen LogP) is 3.12. The molecule has 0 bridgehead atoms. The highest BCUT2D eigenvalue weighted by molar-refractivity contribution is 9.10. The number of nitrogens with zero attached hydrogens (tertiary/aromatic N) is 3. The van der Waals surface area contributed by atoms with Crippen LogP contribution in [0.4, 0.5) is 11.4 Å². The Morgan fingerprint density at radius 3 is 2.38 bits per heavy atom. The lowest BCUT2D eigenvalue weighted by Crippen LogP contribution is -2.25. The maximum Gasteiger partial charge on any atom is 0.318 e. The summed E-state index contributed by atoms with van der Waals surface area (Å²) in [6.45, 7) is 3.28. The number of nitro groups is 2.